The summed E-state index contributed by atoms with van der Waals surface area (Å²) >= 11 is 0. The van der Waals surface area contributed by atoms with E-state index in [1.807, 2.05) is 32.0 Å². The zero-order chi connectivity index (χ0) is 12.3. The third-order valence-corrected chi connectivity index (χ3v) is 2.56. The van der Waals surface area contributed by atoms with Gasteiger partial charge in [0, 0.05) is 24.6 Å². The van der Waals surface area contributed by atoms with Gasteiger partial charge in [-0.15, -0.1) is 0 Å². The molecule has 1 unspecified atom stereocenters. The third kappa shape index (κ3) is 2.71. The molecule has 0 fully saturated rings. The van der Waals surface area contributed by atoms with Crippen LogP contribution in [0.25, 0.3) is 10.9 Å². The first-order chi connectivity index (χ1) is 8.20. The summed E-state index contributed by atoms with van der Waals surface area (Å²) in [5, 5.41) is 9.83. The molecule has 1 aromatic carbocycles. The van der Waals surface area contributed by atoms with E-state index in [1.165, 1.54) is 0 Å². The maximum atomic E-state index is 8.87. The second-order valence-corrected chi connectivity index (χ2v) is 4.05. The molecule has 2 rings (SSSR count). The van der Waals surface area contributed by atoms with Crippen LogP contribution in [-0.4, -0.2) is 27.8 Å². The summed E-state index contributed by atoms with van der Waals surface area (Å²) < 4.78 is 5.77. The SMILES string of the molecule is Cc1ncc2cccc(OC(C)CCO)c2n1. The van der Waals surface area contributed by atoms with E-state index in [0.29, 0.717) is 6.42 Å². The Balaban J connectivity index is 2.36. The van der Waals surface area contributed by atoms with Gasteiger partial charge in [0.1, 0.15) is 17.1 Å². The number of para-hydroxylation sites is 1. The van der Waals surface area contributed by atoms with Crippen LogP contribution in [0.4, 0.5) is 0 Å². The first-order valence-corrected chi connectivity index (χ1v) is 5.70. The zero-order valence-corrected chi connectivity index (χ0v) is 10.1. The fourth-order valence-electron chi connectivity index (χ4n) is 1.67. The molecule has 0 amide bonds. The van der Waals surface area contributed by atoms with Crippen molar-refractivity contribution in [3.8, 4) is 5.75 Å². The Morgan fingerprint density at radius 1 is 1.41 bits per heavy atom. The molecule has 1 atom stereocenters. The van der Waals surface area contributed by atoms with Crippen molar-refractivity contribution in [3.05, 3.63) is 30.2 Å². The smallest absolute Gasteiger partial charge is 0.146 e. The van der Waals surface area contributed by atoms with E-state index >= 15 is 0 Å². The summed E-state index contributed by atoms with van der Waals surface area (Å²) in [6.07, 6.45) is 2.38. The van der Waals surface area contributed by atoms with Gasteiger partial charge < -0.3 is 9.84 Å². The number of aliphatic hydroxyl groups is 1. The molecule has 4 nitrogen and oxygen atoms in total. The van der Waals surface area contributed by atoms with Crippen molar-refractivity contribution in [2.24, 2.45) is 0 Å². The van der Waals surface area contributed by atoms with Gasteiger partial charge >= 0.3 is 0 Å². The van der Waals surface area contributed by atoms with Crippen LogP contribution in [0.5, 0.6) is 5.75 Å². The van der Waals surface area contributed by atoms with Crippen LogP contribution >= 0.6 is 0 Å². The number of aromatic nitrogens is 2. The number of aryl methyl sites for hydroxylation is 1. The number of hydrogen-bond acceptors (Lipinski definition) is 4. The Labute approximate surface area is 100 Å². The minimum absolute atomic E-state index is 0.0270. The minimum Gasteiger partial charge on any atom is -0.488 e. The first kappa shape index (κ1) is 11.8. The highest BCUT2D eigenvalue weighted by Gasteiger charge is 2.08. The molecule has 0 aliphatic heterocycles. The van der Waals surface area contributed by atoms with Gasteiger partial charge in [-0.05, 0) is 19.9 Å². The summed E-state index contributed by atoms with van der Waals surface area (Å²) in [5.74, 6) is 1.47. The van der Waals surface area contributed by atoms with Crippen LogP contribution in [0.15, 0.2) is 24.4 Å². The maximum absolute atomic E-state index is 8.87. The molecular formula is C13H16N2O2. The third-order valence-electron chi connectivity index (χ3n) is 2.56. The average molecular weight is 232 g/mol. The van der Waals surface area contributed by atoms with Gasteiger partial charge in [0.25, 0.3) is 0 Å². The fraction of sp³-hybridized carbons (Fsp3) is 0.385. The van der Waals surface area contributed by atoms with Crippen molar-refractivity contribution in [2.75, 3.05) is 6.61 Å². The largest absolute Gasteiger partial charge is 0.488 e. The summed E-state index contributed by atoms with van der Waals surface area (Å²) in [6, 6.07) is 5.77. The minimum atomic E-state index is -0.0270. The Kier molecular flexibility index (Phi) is 3.54. The number of nitrogens with zero attached hydrogens (tertiary/aromatic N) is 2. The molecule has 0 saturated carbocycles. The van der Waals surface area contributed by atoms with E-state index in [0.717, 1.165) is 22.5 Å². The van der Waals surface area contributed by atoms with Crippen molar-refractivity contribution in [3.63, 3.8) is 0 Å². The summed E-state index contributed by atoms with van der Waals surface area (Å²) in [5.41, 5.74) is 0.824. The lowest BCUT2D eigenvalue weighted by atomic mass is 10.2. The van der Waals surface area contributed by atoms with Gasteiger partial charge in [0.05, 0.1) is 6.10 Å². The van der Waals surface area contributed by atoms with Gasteiger partial charge in [0.2, 0.25) is 0 Å². The molecule has 0 radical (unpaired) electrons. The Morgan fingerprint density at radius 3 is 3.00 bits per heavy atom. The second kappa shape index (κ2) is 5.10. The normalized spacial score (nSPS) is 12.6. The number of rotatable bonds is 4. The highest BCUT2D eigenvalue weighted by Crippen LogP contribution is 2.24. The van der Waals surface area contributed by atoms with Crippen molar-refractivity contribution in [2.45, 2.75) is 26.4 Å². The lowest BCUT2D eigenvalue weighted by Gasteiger charge is -2.14. The zero-order valence-electron chi connectivity index (χ0n) is 10.1. The molecule has 17 heavy (non-hydrogen) atoms. The Hall–Kier alpha value is -1.68. The van der Waals surface area contributed by atoms with Crippen LogP contribution in [0.2, 0.25) is 0 Å². The van der Waals surface area contributed by atoms with E-state index in [4.69, 9.17) is 9.84 Å². The van der Waals surface area contributed by atoms with Gasteiger partial charge in [-0.1, -0.05) is 12.1 Å². The lowest BCUT2D eigenvalue weighted by Crippen LogP contribution is -2.13. The molecule has 1 heterocycles. The first-order valence-electron chi connectivity index (χ1n) is 5.70. The second-order valence-electron chi connectivity index (χ2n) is 4.05. The molecule has 2 aromatic rings. The van der Waals surface area contributed by atoms with Crippen molar-refractivity contribution >= 4 is 10.9 Å². The monoisotopic (exact) mass is 232 g/mol. The van der Waals surface area contributed by atoms with Crippen molar-refractivity contribution in [1.29, 1.82) is 0 Å². The number of fused-ring (bicyclic) bond motifs is 1. The predicted molar refractivity (Wildman–Crippen MR) is 66.1 cm³/mol. The van der Waals surface area contributed by atoms with E-state index < -0.39 is 0 Å². The van der Waals surface area contributed by atoms with Gasteiger partial charge in [-0.25, -0.2) is 9.97 Å². The Morgan fingerprint density at radius 2 is 2.24 bits per heavy atom. The topological polar surface area (TPSA) is 55.2 Å². The quantitative estimate of drug-likeness (QED) is 0.877. The number of hydrogen-bond donors (Lipinski definition) is 1. The molecule has 1 aromatic heterocycles. The van der Waals surface area contributed by atoms with E-state index in [1.54, 1.807) is 6.20 Å². The van der Waals surface area contributed by atoms with Crippen LogP contribution in [0.3, 0.4) is 0 Å². The van der Waals surface area contributed by atoms with Gasteiger partial charge in [-0.3, -0.25) is 0 Å². The van der Waals surface area contributed by atoms with E-state index in [2.05, 4.69) is 9.97 Å². The number of benzene rings is 1. The molecule has 90 valence electrons. The number of ether oxygens (including phenoxy) is 1. The molecule has 0 spiro atoms. The Bertz CT molecular complexity index is 514. The summed E-state index contributed by atoms with van der Waals surface area (Å²) in [4.78, 5) is 8.55. The highest BCUT2D eigenvalue weighted by molar-refractivity contribution is 5.83. The summed E-state index contributed by atoms with van der Waals surface area (Å²) in [7, 11) is 0. The van der Waals surface area contributed by atoms with E-state index in [9.17, 15) is 0 Å². The van der Waals surface area contributed by atoms with Crippen LogP contribution < -0.4 is 4.74 Å². The predicted octanol–water partition coefficient (Wildman–Crippen LogP) is 2.09. The molecule has 0 bridgehead atoms. The van der Waals surface area contributed by atoms with Crippen molar-refractivity contribution < 1.29 is 9.84 Å². The van der Waals surface area contributed by atoms with Crippen LogP contribution in [-0.2, 0) is 0 Å². The fourth-order valence-corrected chi connectivity index (χ4v) is 1.67. The maximum Gasteiger partial charge on any atom is 0.146 e. The lowest BCUT2D eigenvalue weighted by molar-refractivity contribution is 0.170. The molecule has 1 N–H and O–H groups in total. The van der Waals surface area contributed by atoms with Crippen molar-refractivity contribution in [1.82, 2.24) is 9.97 Å². The van der Waals surface area contributed by atoms with Gasteiger partial charge in [-0.2, -0.15) is 0 Å². The van der Waals surface area contributed by atoms with Gasteiger partial charge in [0.15, 0.2) is 0 Å². The highest BCUT2D eigenvalue weighted by atomic mass is 16.5. The molecule has 0 aliphatic rings. The number of aliphatic hydroxyl groups excluding tert-OH is 1. The van der Waals surface area contributed by atoms with Crippen LogP contribution in [0.1, 0.15) is 19.2 Å². The molecule has 4 heteroatoms. The standard InChI is InChI=1S/C13H16N2O2/c1-9(6-7-16)17-12-5-3-4-11-8-14-10(2)15-13(11)12/h3-5,8-9,16H,6-7H2,1-2H3. The summed E-state index contributed by atoms with van der Waals surface area (Å²) in [6.45, 7) is 3.91. The van der Waals surface area contributed by atoms with E-state index in [-0.39, 0.29) is 12.7 Å². The molecule has 0 saturated heterocycles. The average Bonchev–Trinajstić information content (AvgIpc) is 2.30. The van der Waals surface area contributed by atoms with Crippen LogP contribution in [0, 0.1) is 6.92 Å². The molecular weight excluding hydrogens is 216 g/mol. The molecule has 0 aliphatic carbocycles.